The molecule has 3 aromatic rings. The van der Waals surface area contributed by atoms with E-state index in [4.69, 9.17) is 0 Å². The number of para-hydroxylation sites is 2. The van der Waals surface area contributed by atoms with E-state index in [1.54, 1.807) is 4.90 Å². The van der Waals surface area contributed by atoms with Gasteiger partial charge >= 0.3 is 0 Å². The summed E-state index contributed by atoms with van der Waals surface area (Å²) < 4.78 is 1.93. The molecule has 1 atom stereocenters. The lowest BCUT2D eigenvalue weighted by Crippen LogP contribution is -2.65. The highest BCUT2D eigenvalue weighted by atomic mass is 16.2. The Hall–Kier alpha value is -3.15. The number of benzene rings is 2. The smallest absolute Gasteiger partial charge is 0.290 e. The molecule has 2 amide bonds. The van der Waals surface area contributed by atoms with E-state index in [-0.39, 0.29) is 17.9 Å². The Bertz CT molecular complexity index is 1130. The molecule has 0 unspecified atom stereocenters. The summed E-state index contributed by atoms with van der Waals surface area (Å²) in [6, 6.07) is 18.1. The van der Waals surface area contributed by atoms with E-state index >= 15 is 0 Å². The van der Waals surface area contributed by atoms with Crippen LogP contribution in [0.1, 0.15) is 55.2 Å². The lowest BCUT2D eigenvalue weighted by Gasteiger charge is -2.44. The van der Waals surface area contributed by atoms with Crippen molar-refractivity contribution in [3.05, 3.63) is 66.0 Å². The first-order chi connectivity index (χ1) is 15.6. The second kappa shape index (κ2) is 8.41. The maximum absolute atomic E-state index is 13.7. The summed E-state index contributed by atoms with van der Waals surface area (Å²) >= 11 is 0. The van der Waals surface area contributed by atoms with Crippen LogP contribution >= 0.6 is 0 Å². The summed E-state index contributed by atoms with van der Waals surface area (Å²) in [5, 5.41) is 3.28. The molecule has 1 aliphatic carbocycles. The highest BCUT2D eigenvalue weighted by Gasteiger charge is 2.48. The van der Waals surface area contributed by atoms with E-state index in [0.717, 1.165) is 42.3 Å². The first-order valence-corrected chi connectivity index (χ1v) is 11.7. The summed E-state index contributed by atoms with van der Waals surface area (Å²) in [5.41, 5.74) is 1.86. The molecule has 1 N–H and O–H groups in total. The SMILES string of the molecule is C[C@]1(C(=O)NC2CCCCC2)Cn2c(nc3ccccc32)C(=O)N1CCc1ccccc1. The first-order valence-electron chi connectivity index (χ1n) is 11.7. The van der Waals surface area contributed by atoms with E-state index in [2.05, 4.69) is 22.4 Å². The van der Waals surface area contributed by atoms with Gasteiger partial charge in [0.1, 0.15) is 5.54 Å². The van der Waals surface area contributed by atoms with Crippen LogP contribution in [0.2, 0.25) is 0 Å². The van der Waals surface area contributed by atoms with Crippen molar-refractivity contribution in [2.75, 3.05) is 6.54 Å². The molecule has 0 spiro atoms. The van der Waals surface area contributed by atoms with Crippen LogP contribution in [0.25, 0.3) is 11.0 Å². The monoisotopic (exact) mass is 430 g/mol. The fourth-order valence-electron chi connectivity index (χ4n) is 5.15. The van der Waals surface area contributed by atoms with Crippen LogP contribution in [0, 0.1) is 0 Å². The Labute approximate surface area is 188 Å². The minimum Gasteiger partial charge on any atom is -0.351 e. The van der Waals surface area contributed by atoms with Gasteiger partial charge in [0, 0.05) is 12.6 Å². The van der Waals surface area contributed by atoms with Crippen LogP contribution in [-0.2, 0) is 17.8 Å². The number of carbonyl (C=O) groups excluding carboxylic acids is 2. The van der Waals surface area contributed by atoms with Gasteiger partial charge in [-0.3, -0.25) is 9.59 Å². The molecule has 1 aliphatic heterocycles. The van der Waals surface area contributed by atoms with Gasteiger partial charge in [-0.05, 0) is 43.9 Å². The molecule has 0 radical (unpaired) electrons. The van der Waals surface area contributed by atoms with Crippen LogP contribution in [0.4, 0.5) is 0 Å². The van der Waals surface area contributed by atoms with Gasteiger partial charge in [-0.15, -0.1) is 0 Å². The number of aromatic nitrogens is 2. The van der Waals surface area contributed by atoms with Crippen LogP contribution in [-0.4, -0.2) is 44.4 Å². The van der Waals surface area contributed by atoms with Crippen molar-refractivity contribution in [3.63, 3.8) is 0 Å². The average molecular weight is 431 g/mol. The maximum Gasteiger partial charge on any atom is 0.290 e. The van der Waals surface area contributed by atoms with Crippen molar-refractivity contribution in [2.45, 2.75) is 63.6 Å². The molecule has 32 heavy (non-hydrogen) atoms. The highest BCUT2D eigenvalue weighted by Crippen LogP contribution is 2.31. The van der Waals surface area contributed by atoms with Crippen molar-refractivity contribution in [1.29, 1.82) is 0 Å². The fourth-order valence-corrected chi connectivity index (χ4v) is 5.15. The Kier molecular flexibility index (Phi) is 5.45. The van der Waals surface area contributed by atoms with Gasteiger partial charge in [0.25, 0.3) is 5.91 Å². The lowest BCUT2D eigenvalue weighted by molar-refractivity contribution is -0.133. The highest BCUT2D eigenvalue weighted by molar-refractivity contribution is 6.01. The molecule has 5 rings (SSSR count). The molecular weight excluding hydrogens is 400 g/mol. The third kappa shape index (κ3) is 3.68. The van der Waals surface area contributed by atoms with E-state index in [0.29, 0.717) is 25.3 Å². The van der Waals surface area contributed by atoms with Crippen molar-refractivity contribution in [1.82, 2.24) is 19.8 Å². The second-order valence-electron chi connectivity index (χ2n) is 9.28. The minimum atomic E-state index is -0.972. The standard InChI is InChI=1S/C26H30N4O2/c1-26(25(32)27-20-12-6-3-7-13-20)18-29-22-15-9-8-14-21(22)28-23(29)24(31)30(26)17-16-19-10-4-2-5-11-19/h2,4-5,8-11,14-15,20H,3,6-7,12-13,16-18H2,1H3,(H,27,32)/t26-/m1/s1. The lowest BCUT2D eigenvalue weighted by atomic mass is 9.91. The van der Waals surface area contributed by atoms with E-state index in [9.17, 15) is 9.59 Å². The Morgan fingerprint density at radius 2 is 1.78 bits per heavy atom. The molecule has 166 valence electrons. The third-order valence-corrected chi connectivity index (χ3v) is 7.05. The van der Waals surface area contributed by atoms with Crippen LogP contribution in [0.15, 0.2) is 54.6 Å². The molecule has 2 aliphatic rings. The topological polar surface area (TPSA) is 67.2 Å². The van der Waals surface area contributed by atoms with Gasteiger partial charge < -0.3 is 14.8 Å². The number of hydrogen-bond donors (Lipinski definition) is 1. The van der Waals surface area contributed by atoms with Gasteiger partial charge in [-0.1, -0.05) is 61.7 Å². The molecule has 2 heterocycles. The zero-order chi connectivity index (χ0) is 22.1. The molecule has 1 aromatic heterocycles. The molecule has 1 saturated carbocycles. The summed E-state index contributed by atoms with van der Waals surface area (Å²) in [6.45, 7) is 2.79. The zero-order valence-corrected chi connectivity index (χ0v) is 18.6. The third-order valence-electron chi connectivity index (χ3n) is 7.05. The molecule has 6 nitrogen and oxygen atoms in total. The molecule has 2 aromatic carbocycles. The van der Waals surface area contributed by atoms with Crippen molar-refractivity contribution in [2.24, 2.45) is 0 Å². The Morgan fingerprint density at radius 3 is 2.56 bits per heavy atom. The van der Waals surface area contributed by atoms with E-state index in [1.165, 1.54) is 6.42 Å². The predicted octanol–water partition coefficient (Wildman–Crippen LogP) is 3.94. The van der Waals surface area contributed by atoms with Crippen LogP contribution in [0.3, 0.4) is 0 Å². The molecule has 6 heteroatoms. The number of nitrogens with zero attached hydrogens (tertiary/aromatic N) is 3. The normalized spacial score (nSPS) is 21.5. The molecule has 0 bridgehead atoms. The van der Waals surface area contributed by atoms with E-state index in [1.807, 2.05) is 54.0 Å². The quantitative estimate of drug-likeness (QED) is 0.667. The van der Waals surface area contributed by atoms with E-state index < -0.39 is 5.54 Å². The number of imidazole rings is 1. The number of carbonyl (C=O) groups is 2. The summed E-state index contributed by atoms with van der Waals surface area (Å²) in [6.07, 6.45) is 6.25. The van der Waals surface area contributed by atoms with Crippen molar-refractivity contribution in [3.8, 4) is 0 Å². The first kappa shape index (κ1) is 20.7. The van der Waals surface area contributed by atoms with Crippen molar-refractivity contribution < 1.29 is 9.59 Å². The number of fused-ring (bicyclic) bond motifs is 3. The minimum absolute atomic E-state index is 0.0609. The number of hydrogen-bond acceptors (Lipinski definition) is 3. The van der Waals surface area contributed by atoms with Gasteiger partial charge in [0.2, 0.25) is 5.91 Å². The van der Waals surface area contributed by atoms with Crippen LogP contribution < -0.4 is 5.32 Å². The van der Waals surface area contributed by atoms with Gasteiger partial charge in [-0.25, -0.2) is 4.98 Å². The number of rotatable bonds is 5. The number of nitrogens with one attached hydrogen (secondary N) is 1. The maximum atomic E-state index is 13.7. The largest absolute Gasteiger partial charge is 0.351 e. The van der Waals surface area contributed by atoms with Crippen LogP contribution in [0.5, 0.6) is 0 Å². The summed E-state index contributed by atoms with van der Waals surface area (Å²) in [7, 11) is 0. The number of amides is 2. The molecule has 1 fully saturated rings. The molecular formula is C26H30N4O2. The second-order valence-corrected chi connectivity index (χ2v) is 9.28. The fraction of sp³-hybridized carbons (Fsp3) is 0.423. The average Bonchev–Trinajstić information content (AvgIpc) is 3.19. The van der Waals surface area contributed by atoms with Gasteiger partial charge in [-0.2, -0.15) is 0 Å². The molecule has 0 saturated heterocycles. The summed E-state index contributed by atoms with van der Waals surface area (Å²) in [4.78, 5) is 33.7. The summed E-state index contributed by atoms with van der Waals surface area (Å²) in [5.74, 6) is 0.182. The van der Waals surface area contributed by atoms with Crippen molar-refractivity contribution >= 4 is 22.8 Å². The predicted molar refractivity (Wildman–Crippen MR) is 124 cm³/mol. The Morgan fingerprint density at radius 1 is 1.06 bits per heavy atom. The zero-order valence-electron chi connectivity index (χ0n) is 18.6. The van der Waals surface area contributed by atoms with Gasteiger partial charge in [0.05, 0.1) is 17.6 Å². The van der Waals surface area contributed by atoms with Gasteiger partial charge in [0.15, 0.2) is 5.82 Å². The Balaban J connectivity index is 1.49.